The van der Waals surface area contributed by atoms with Crippen molar-refractivity contribution in [1.29, 1.82) is 0 Å². The SMILES string of the molecule is O=C1C2CCCCC2C(=O)N1CCOC(OCCN1C(=O)C2CCCCC2C1=O)(C(=O)c1ccccc1)c1ccccc1. The number of rotatable bonds is 11. The first-order valence-electron chi connectivity index (χ1n) is 15.6. The van der Waals surface area contributed by atoms with Crippen LogP contribution < -0.4 is 0 Å². The second kappa shape index (κ2) is 12.5. The number of nitrogens with zero attached hydrogens (tertiary/aromatic N) is 2. The third-order valence-corrected chi connectivity index (χ3v) is 9.59. The minimum absolute atomic E-state index is 0.00284. The van der Waals surface area contributed by atoms with Crippen LogP contribution in [-0.4, -0.2) is 65.5 Å². The molecular weight excluding hydrogens is 548 g/mol. The van der Waals surface area contributed by atoms with Crippen molar-refractivity contribution in [3.05, 3.63) is 71.8 Å². The van der Waals surface area contributed by atoms with Crippen molar-refractivity contribution in [2.75, 3.05) is 26.3 Å². The second-order valence-corrected chi connectivity index (χ2v) is 12.0. The van der Waals surface area contributed by atoms with E-state index in [1.54, 1.807) is 54.6 Å². The summed E-state index contributed by atoms with van der Waals surface area (Å²) < 4.78 is 12.7. The Morgan fingerprint density at radius 2 is 0.977 bits per heavy atom. The molecule has 43 heavy (non-hydrogen) atoms. The Bertz CT molecular complexity index is 1270. The van der Waals surface area contributed by atoms with E-state index in [4.69, 9.17) is 9.47 Å². The molecule has 2 heterocycles. The van der Waals surface area contributed by atoms with E-state index < -0.39 is 11.6 Å². The summed E-state index contributed by atoms with van der Waals surface area (Å²) in [6, 6.07) is 17.4. The number of ketones is 1. The highest BCUT2D eigenvalue weighted by Crippen LogP contribution is 2.40. The van der Waals surface area contributed by atoms with Gasteiger partial charge in [0.05, 0.1) is 50.0 Å². The van der Waals surface area contributed by atoms with Crippen LogP contribution in [0, 0.1) is 23.7 Å². The Morgan fingerprint density at radius 3 is 1.37 bits per heavy atom. The first-order chi connectivity index (χ1) is 20.9. The molecule has 2 saturated heterocycles. The van der Waals surface area contributed by atoms with Gasteiger partial charge in [0.2, 0.25) is 29.4 Å². The molecule has 2 aromatic rings. The lowest BCUT2D eigenvalue weighted by Crippen LogP contribution is -2.46. The zero-order valence-corrected chi connectivity index (χ0v) is 24.3. The molecule has 226 valence electrons. The lowest BCUT2D eigenvalue weighted by atomic mass is 9.81. The molecule has 0 radical (unpaired) electrons. The van der Waals surface area contributed by atoms with Gasteiger partial charge in [-0.1, -0.05) is 86.3 Å². The normalized spacial score (nSPS) is 26.8. The highest BCUT2D eigenvalue weighted by Gasteiger charge is 2.50. The zero-order valence-electron chi connectivity index (χ0n) is 24.3. The van der Waals surface area contributed by atoms with Gasteiger partial charge < -0.3 is 9.47 Å². The molecule has 6 rings (SSSR count). The lowest BCUT2D eigenvalue weighted by Gasteiger charge is -2.34. The number of likely N-dealkylation sites (tertiary alicyclic amines) is 2. The number of fused-ring (bicyclic) bond motifs is 2. The van der Waals surface area contributed by atoms with Crippen LogP contribution in [0.4, 0.5) is 0 Å². The standard InChI is InChI=1S/C34H38N2O7/c37-29(23-11-3-1-4-12-23)34(24-13-5-2-6-14-24,42-21-19-35-30(38)25-15-7-8-16-26(25)31(35)39)43-22-20-36-32(40)27-17-9-10-18-28(27)33(36)41/h1-6,11-14,25-28H,7-10,15-22H2. The molecule has 2 aliphatic heterocycles. The average molecular weight is 587 g/mol. The van der Waals surface area contributed by atoms with E-state index in [9.17, 15) is 24.0 Å². The van der Waals surface area contributed by atoms with Gasteiger partial charge in [-0.3, -0.25) is 33.8 Å². The predicted octanol–water partition coefficient (Wildman–Crippen LogP) is 4.11. The van der Waals surface area contributed by atoms with Crippen molar-refractivity contribution in [1.82, 2.24) is 9.80 Å². The van der Waals surface area contributed by atoms with Gasteiger partial charge in [-0.05, 0) is 25.7 Å². The smallest absolute Gasteiger partial charge is 0.261 e. The Hall–Kier alpha value is -3.69. The largest absolute Gasteiger partial charge is 0.338 e. The fourth-order valence-electron chi connectivity index (χ4n) is 7.37. The van der Waals surface area contributed by atoms with Gasteiger partial charge in [0.15, 0.2) is 0 Å². The number of ether oxygens (including phenoxy) is 2. The van der Waals surface area contributed by atoms with Crippen LogP contribution in [0.25, 0.3) is 0 Å². The van der Waals surface area contributed by atoms with E-state index in [1.165, 1.54) is 9.80 Å². The Morgan fingerprint density at radius 1 is 0.605 bits per heavy atom. The molecule has 0 bridgehead atoms. The van der Waals surface area contributed by atoms with Crippen molar-refractivity contribution in [2.45, 2.75) is 57.2 Å². The quantitative estimate of drug-likeness (QED) is 0.221. The fraction of sp³-hybridized carbons (Fsp3) is 0.500. The van der Waals surface area contributed by atoms with E-state index in [0.29, 0.717) is 36.8 Å². The summed E-state index contributed by atoms with van der Waals surface area (Å²) in [6.07, 6.45) is 6.60. The number of carbonyl (C=O) groups is 5. The molecular formula is C34H38N2O7. The van der Waals surface area contributed by atoms with E-state index in [0.717, 1.165) is 25.7 Å². The summed E-state index contributed by atoms with van der Waals surface area (Å²) in [4.78, 5) is 69.2. The average Bonchev–Trinajstić information content (AvgIpc) is 3.45. The first kappa shape index (κ1) is 29.4. The molecule has 4 fully saturated rings. The zero-order chi connectivity index (χ0) is 30.0. The number of imide groups is 2. The highest BCUT2D eigenvalue weighted by molar-refractivity contribution is 6.06. The molecule has 2 aromatic carbocycles. The Kier molecular flexibility index (Phi) is 8.54. The number of benzene rings is 2. The summed E-state index contributed by atoms with van der Waals surface area (Å²) >= 11 is 0. The Labute approximate surface area is 251 Å². The van der Waals surface area contributed by atoms with Crippen LogP contribution in [0.2, 0.25) is 0 Å². The lowest BCUT2D eigenvalue weighted by molar-refractivity contribution is -0.212. The van der Waals surface area contributed by atoms with Crippen molar-refractivity contribution in [2.24, 2.45) is 23.7 Å². The van der Waals surface area contributed by atoms with Gasteiger partial charge in [0.25, 0.3) is 5.79 Å². The summed E-state index contributed by atoms with van der Waals surface area (Å²) in [6.45, 7) is -0.263. The molecule has 9 heteroatoms. The van der Waals surface area contributed by atoms with Gasteiger partial charge in [0.1, 0.15) is 0 Å². The van der Waals surface area contributed by atoms with E-state index >= 15 is 0 Å². The van der Waals surface area contributed by atoms with Crippen molar-refractivity contribution in [3.8, 4) is 0 Å². The molecule has 0 aromatic heterocycles. The van der Waals surface area contributed by atoms with E-state index in [-0.39, 0.29) is 73.6 Å². The summed E-state index contributed by atoms with van der Waals surface area (Å²) in [5.41, 5.74) is 0.786. The third kappa shape index (κ3) is 5.45. The summed E-state index contributed by atoms with van der Waals surface area (Å²) in [7, 11) is 0. The molecule has 4 unspecified atom stereocenters. The molecule has 0 N–H and O–H groups in total. The monoisotopic (exact) mass is 586 g/mol. The van der Waals surface area contributed by atoms with Gasteiger partial charge in [-0.25, -0.2) is 0 Å². The molecule has 9 nitrogen and oxygen atoms in total. The number of amides is 4. The first-order valence-corrected chi connectivity index (χ1v) is 15.6. The molecule has 2 saturated carbocycles. The topological polar surface area (TPSA) is 110 Å². The highest BCUT2D eigenvalue weighted by atomic mass is 16.7. The van der Waals surface area contributed by atoms with Crippen LogP contribution >= 0.6 is 0 Å². The molecule has 2 aliphatic carbocycles. The summed E-state index contributed by atoms with van der Waals surface area (Å²) in [5, 5.41) is 0. The minimum atomic E-state index is -1.93. The number of hydrogen-bond acceptors (Lipinski definition) is 7. The van der Waals surface area contributed by atoms with Crippen LogP contribution in [0.15, 0.2) is 60.7 Å². The fourth-order valence-corrected chi connectivity index (χ4v) is 7.37. The number of hydrogen-bond donors (Lipinski definition) is 0. The van der Waals surface area contributed by atoms with Crippen molar-refractivity contribution < 1.29 is 33.4 Å². The van der Waals surface area contributed by atoms with Crippen LogP contribution in [0.5, 0.6) is 0 Å². The minimum Gasteiger partial charge on any atom is -0.338 e. The van der Waals surface area contributed by atoms with E-state index in [2.05, 4.69) is 0 Å². The Balaban J connectivity index is 1.25. The van der Waals surface area contributed by atoms with Crippen LogP contribution in [0.3, 0.4) is 0 Å². The number of carbonyl (C=O) groups excluding carboxylic acids is 5. The van der Waals surface area contributed by atoms with Gasteiger partial charge in [-0.2, -0.15) is 0 Å². The maximum absolute atomic E-state index is 14.2. The van der Waals surface area contributed by atoms with Crippen molar-refractivity contribution >= 4 is 29.4 Å². The summed E-state index contributed by atoms with van der Waals surface area (Å²) in [5.74, 6) is -4.19. The molecule has 4 atom stereocenters. The second-order valence-electron chi connectivity index (χ2n) is 12.0. The van der Waals surface area contributed by atoms with Gasteiger partial charge in [0, 0.05) is 11.1 Å². The van der Waals surface area contributed by atoms with Crippen molar-refractivity contribution in [3.63, 3.8) is 0 Å². The maximum atomic E-state index is 14.2. The van der Waals surface area contributed by atoms with Crippen LogP contribution in [0.1, 0.15) is 67.3 Å². The van der Waals surface area contributed by atoms with Crippen LogP contribution in [-0.2, 0) is 34.4 Å². The molecule has 0 spiro atoms. The number of Topliss-reactive ketones (excluding diaryl/α,β-unsaturated/α-hetero) is 1. The van der Waals surface area contributed by atoms with Gasteiger partial charge >= 0.3 is 0 Å². The molecule has 4 amide bonds. The molecule has 4 aliphatic rings. The van der Waals surface area contributed by atoms with Gasteiger partial charge in [-0.15, -0.1) is 0 Å². The predicted molar refractivity (Wildman–Crippen MR) is 155 cm³/mol. The third-order valence-electron chi connectivity index (χ3n) is 9.59. The maximum Gasteiger partial charge on any atom is 0.261 e. The van der Waals surface area contributed by atoms with E-state index in [1.807, 2.05) is 6.07 Å².